The molecular weight excluding hydrogens is 305 g/mol. The van der Waals surface area contributed by atoms with E-state index in [0.29, 0.717) is 0 Å². The van der Waals surface area contributed by atoms with Gasteiger partial charge < -0.3 is 9.29 Å². The van der Waals surface area contributed by atoms with E-state index in [1.54, 1.807) is 20.8 Å². The Morgan fingerprint density at radius 2 is 1.90 bits per heavy atom. The average Bonchev–Trinajstić information content (AvgIpc) is 2.35. The number of hydrogen-bond donors (Lipinski definition) is 0. The zero-order valence-corrected chi connectivity index (χ0v) is 13.2. The van der Waals surface area contributed by atoms with Crippen LogP contribution in [0.25, 0.3) is 0 Å². The lowest BCUT2D eigenvalue weighted by molar-refractivity contribution is -0.141. The van der Waals surface area contributed by atoms with E-state index in [2.05, 4.69) is 9.38 Å². The van der Waals surface area contributed by atoms with E-state index >= 15 is 0 Å². The van der Waals surface area contributed by atoms with Gasteiger partial charge in [-0.2, -0.15) is 13.2 Å². The Labute approximate surface area is 124 Å². The van der Waals surface area contributed by atoms with E-state index in [1.807, 2.05) is 0 Å². The Morgan fingerprint density at radius 3 is 2.33 bits per heavy atom. The van der Waals surface area contributed by atoms with Crippen LogP contribution in [0.2, 0.25) is 0 Å². The summed E-state index contributed by atoms with van der Waals surface area (Å²) in [5, 5.41) is 0. The molecule has 0 bridgehead atoms. The second-order valence-electron chi connectivity index (χ2n) is 5.31. The molecule has 4 nitrogen and oxygen atoms in total. The fraction of sp³-hybridized carbons (Fsp3) is 0.538. The molecule has 0 aromatic carbocycles. The fourth-order valence-corrected chi connectivity index (χ4v) is 1.97. The molecule has 21 heavy (non-hydrogen) atoms. The number of aromatic nitrogens is 1. The lowest BCUT2D eigenvalue weighted by Crippen LogP contribution is -2.26. The number of ether oxygens (including phenoxy) is 1. The van der Waals surface area contributed by atoms with Gasteiger partial charge in [-0.3, -0.25) is 0 Å². The molecule has 1 aromatic rings. The minimum absolute atomic E-state index is 0.123. The van der Waals surface area contributed by atoms with Crippen LogP contribution in [0, 0.1) is 0 Å². The number of nitrogens with zero attached hydrogens (tertiary/aromatic N) is 2. The second kappa shape index (κ2) is 6.23. The molecule has 0 spiro atoms. The molecule has 0 saturated carbocycles. The van der Waals surface area contributed by atoms with Crippen molar-refractivity contribution < 1.29 is 22.5 Å². The summed E-state index contributed by atoms with van der Waals surface area (Å²) in [4.78, 5) is 3.31. The third-order valence-electron chi connectivity index (χ3n) is 2.51. The van der Waals surface area contributed by atoms with Gasteiger partial charge in [-0.25, -0.2) is 4.98 Å². The van der Waals surface area contributed by atoms with Gasteiger partial charge in [0.25, 0.3) is 0 Å². The van der Waals surface area contributed by atoms with Crippen molar-refractivity contribution in [2.75, 3.05) is 7.11 Å². The Morgan fingerprint density at radius 1 is 1.33 bits per heavy atom. The van der Waals surface area contributed by atoms with Gasteiger partial charge in [-0.15, -0.1) is 0 Å². The van der Waals surface area contributed by atoms with Gasteiger partial charge in [0, 0.05) is 5.56 Å². The first-order chi connectivity index (χ1) is 9.46. The van der Waals surface area contributed by atoms with Crippen LogP contribution in [0.5, 0.6) is 5.75 Å². The van der Waals surface area contributed by atoms with E-state index in [4.69, 9.17) is 4.74 Å². The van der Waals surface area contributed by atoms with Crippen LogP contribution in [-0.4, -0.2) is 27.1 Å². The third-order valence-corrected chi connectivity index (χ3v) is 4.00. The molecule has 1 atom stereocenters. The molecule has 0 aliphatic carbocycles. The van der Waals surface area contributed by atoms with E-state index in [0.717, 1.165) is 12.3 Å². The highest BCUT2D eigenvalue weighted by Gasteiger charge is 2.34. The number of halogens is 3. The monoisotopic (exact) mass is 322 g/mol. The standard InChI is InChI=1S/C13H17F3N2O2S/c1-8(18-21(19)12(2,3)4)9-6-11(13(14,15)16)17-7-10(9)20-5/h6-7H,1-5H3. The van der Waals surface area contributed by atoms with Crippen LogP contribution in [0.15, 0.2) is 16.7 Å². The van der Waals surface area contributed by atoms with Crippen molar-refractivity contribution in [3.63, 3.8) is 0 Å². The minimum atomic E-state index is -4.56. The van der Waals surface area contributed by atoms with Crippen LogP contribution in [0.3, 0.4) is 0 Å². The van der Waals surface area contributed by atoms with Gasteiger partial charge in [-0.05, 0) is 33.8 Å². The van der Waals surface area contributed by atoms with Crippen LogP contribution in [-0.2, 0) is 17.5 Å². The largest absolute Gasteiger partial charge is 0.591 e. The maximum absolute atomic E-state index is 12.7. The zero-order valence-electron chi connectivity index (χ0n) is 12.4. The lowest BCUT2D eigenvalue weighted by Gasteiger charge is -2.19. The lowest BCUT2D eigenvalue weighted by atomic mass is 10.1. The molecule has 0 fully saturated rings. The van der Waals surface area contributed by atoms with Gasteiger partial charge in [0.2, 0.25) is 0 Å². The highest BCUT2D eigenvalue weighted by Crippen LogP contribution is 2.31. The smallest absolute Gasteiger partial charge is 0.433 e. The fourth-order valence-electron chi connectivity index (χ4n) is 1.35. The predicted molar refractivity (Wildman–Crippen MR) is 75.9 cm³/mol. The maximum Gasteiger partial charge on any atom is 0.433 e. The molecule has 0 saturated heterocycles. The van der Waals surface area contributed by atoms with E-state index < -0.39 is 28.0 Å². The summed E-state index contributed by atoms with van der Waals surface area (Å²) in [7, 11) is 1.32. The van der Waals surface area contributed by atoms with Crippen molar-refractivity contribution in [1.29, 1.82) is 0 Å². The Balaban J connectivity index is 3.30. The normalized spacial score (nSPS) is 15.0. The van der Waals surface area contributed by atoms with E-state index in [1.165, 1.54) is 14.0 Å². The summed E-state index contributed by atoms with van der Waals surface area (Å²) in [6.45, 7) is 6.67. The first kappa shape index (κ1) is 17.8. The molecular formula is C13H17F3N2O2S. The van der Waals surface area contributed by atoms with Crippen molar-refractivity contribution >= 4 is 17.1 Å². The molecule has 8 heteroatoms. The van der Waals surface area contributed by atoms with Crippen molar-refractivity contribution in [2.45, 2.75) is 38.6 Å². The van der Waals surface area contributed by atoms with Crippen molar-refractivity contribution in [1.82, 2.24) is 4.98 Å². The molecule has 1 rings (SSSR count). The number of alkyl halides is 3. The van der Waals surface area contributed by atoms with Gasteiger partial charge in [0.15, 0.2) is 0 Å². The molecule has 118 valence electrons. The van der Waals surface area contributed by atoms with Crippen LogP contribution in [0.1, 0.15) is 39.0 Å². The maximum atomic E-state index is 12.7. The Hall–Kier alpha value is -1.28. The summed E-state index contributed by atoms with van der Waals surface area (Å²) in [5.41, 5.74) is -0.722. The molecule has 0 amide bonds. The van der Waals surface area contributed by atoms with E-state index in [-0.39, 0.29) is 17.0 Å². The number of rotatable bonds is 3. The van der Waals surface area contributed by atoms with E-state index in [9.17, 15) is 17.7 Å². The quantitative estimate of drug-likeness (QED) is 0.633. The van der Waals surface area contributed by atoms with Crippen molar-refractivity contribution in [2.24, 2.45) is 4.40 Å². The number of pyridine rings is 1. The van der Waals surface area contributed by atoms with Crippen molar-refractivity contribution in [3.05, 3.63) is 23.5 Å². The molecule has 0 aliphatic rings. The Kier molecular flexibility index (Phi) is 5.27. The number of hydrogen-bond acceptors (Lipinski definition) is 4. The topological polar surface area (TPSA) is 57.5 Å². The molecule has 0 N–H and O–H groups in total. The summed E-state index contributed by atoms with van der Waals surface area (Å²) in [6, 6.07) is 0.845. The third kappa shape index (κ3) is 4.60. The molecule has 1 heterocycles. The minimum Gasteiger partial charge on any atom is -0.591 e. The molecule has 1 unspecified atom stereocenters. The van der Waals surface area contributed by atoms with Gasteiger partial charge in [0.05, 0.1) is 19.0 Å². The Bertz CT molecular complexity index is 539. The first-order valence-electron chi connectivity index (χ1n) is 6.05. The average molecular weight is 322 g/mol. The SMILES string of the molecule is COc1cnc(C(F)(F)F)cc1C(C)=N[S+]([O-])C(C)(C)C. The molecule has 0 aliphatic heterocycles. The van der Waals surface area contributed by atoms with Crippen LogP contribution >= 0.6 is 0 Å². The molecule has 0 radical (unpaired) electrons. The van der Waals surface area contributed by atoms with Gasteiger partial charge in [0.1, 0.15) is 27.6 Å². The summed E-state index contributed by atoms with van der Waals surface area (Å²) >= 11 is -1.58. The first-order valence-corrected chi connectivity index (χ1v) is 7.16. The predicted octanol–water partition coefficient (Wildman–Crippen LogP) is 3.38. The van der Waals surface area contributed by atoms with Crippen LogP contribution < -0.4 is 4.74 Å². The van der Waals surface area contributed by atoms with Gasteiger partial charge in [-0.1, -0.05) is 4.40 Å². The summed E-state index contributed by atoms with van der Waals surface area (Å²) in [5.74, 6) is 0.148. The highest BCUT2D eigenvalue weighted by molar-refractivity contribution is 7.91. The van der Waals surface area contributed by atoms with Crippen LogP contribution in [0.4, 0.5) is 13.2 Å². The molecule has 1 aromatic heterocycles. The summed E-state index contributed by atoms with van der Waals surface area (Å²) < 4.78 is 58.5. The number of methoxy groups -OCH3 is 1. The van der Waals surface area contributed by atoms with Gasteiger partial charge >= 0.3 is 6.18 Å². The second-order valence-corrected chi connectivity index (χ2v) is 7.21. The van der Waals surface area contributed by atoms with Crippen molar-refractivity contribution in [3.8, 4) is 5.75 Å². The zero-order chi connectivity index (χ0) is 16.4. The highest BCUT2D eigenvalue weighted by atomic mass is 32.2. The summed E-state index contributed by atoms with van der Waals surface area (Å²) in [6.07, 6.45) is -3.58.